The van der Waals surface area contributed by atoms with Gasteiger partial charge in [0.05, 0.1) is 25.0 Å². The Morgan fingerprint density at radius 2 is 2.18 bits per heavy atom. The molecule has 1 N–H and O–H groups in total. The predicted octanol–water partition coefficient (Wildman–Crippen LogP) is 2.99. The van der Waals surface area contributed by atoms with Crippen LogP contribution in [0.2, 0.25) is 0 Å². The smallest absolute Gasteiger partial charge is 0.213 e. The second kappa shape index (κ2) is 5.39. The van der Waals surface area contributed by atoms with E-state index in [1.807, 2.05) is 38.1 Å². The normalized spacial score (nSPS) is 10.2. The number of furan rings is 1. The molecule has 0 aliphatic carbocycles. The highest BCUT2D eigenvalue weighted by molar-refractivity contribution is 5.42. The molecule has 2 rings (SSSR count). The van der Waals surface area contributed by atoms with Gasteiger partial charge >= 0.3 is 0 Å². The average molecular weight is 232 g/mol. The maximum atomic E-state index is 5.46. The first-order chi connectivity index (χ1) is 8.28. The molecule has 2 aromatic heterocycles. The zero-order valence-electron chi connectivity index (χ0n) is 10.1. The van der Waals surface area contributed by atoms with Crippen LogP contribution < -0.4 is 10.1 Å². The summed E-state index contributed by atoms with van der Waals surface area (Å²) in [6.07, 6.45) is 1.75. The minimum atomic E-state index is 0.630. The molecule has 0 radical (unpaired) electrons. The molecule has 4 heteroatoms. The first kappa shape index (κ1) is 11.5. The van der Waals surface area contributed by atoms with Crippen LogP contribution in [0.1, 0.15) is 18.4 Å². The van der Waals surface area contributed by atoms with Gasteiger partial charge in [-0.05, 0) is 32.0 Å². The lowest BCUT2D eigenvalue weighted by Gasteiger charge is -2.05. The maximum absolute atomic E-state index is 5.46. The van der Waals surface area contributed by atoms with Crippen molar-refractivity contribution < 1.29 is 9.15 Å². The second-order valence-corrected chi connectivity index (χ2v) is 3.68. The Balaban J connectivity index is 1.90. The molecule has 2 heterocycles. The molecule has 2 aromatic rings. The monoisotopic (exact) mass is 232 g/mol. The summed E-state index contributed by atoms with van der Waals surface area (Å²) in [5, 5.41) is 3.23. The Morgan fingerprint density at radius 3 is 2.76 bits per heavy atom. The highest BCUT2D eigenvalue weighted by Gasteiger charge is 1.99. The van der Waals surface area contributed by atoms with Crippen molar-refractivity contribution in [2.75, 3.05) is 11.9 Å². The summed E-state index contributed by atoms with van der Waals surface area (Å²) >= 11 is 0. The van der Waals surface area contributed by atoms with Gasteiger partial charge in [0.2, 0.25) is 5.88 Å². The van der Waals surface area contributed by atoms with Gasteiger partial charge in [0.1, 0.15) is 11.5 Å². The van der Waals surface area contributed by atoms with E-state index in [1.54, 1.807) is 6.20 Å². The lowest BCUT2D eigenvalue weighted by molar-refractivity contribution is 0.327. The van der Waals surface area contributed by atoms with Crippen LogP contribution in [0.25, 0.3) is 0 Å². The van der Waals surface area contributed by atoms with Crippen molar-refractivity contribution in [2.24, 2.45) is 0 Å². The van der Waals surface area contributed by atoms with Crippen LogP contribution in [-0.4, -0.2) is 11.6 Å². The van der Waals surface area contributed by atoms with E-state index >= 15 is 0 Å². The molecule has 0 saturated heterocycles. The van der Waals surface area contributed by atoms with Gasteiger partial charge in [-0.15, -0.1) is 0 Å². The van der Waals surface area contributed by atoms with E-state index in [4.69, 9.17) is 9.15 Å². The lowest BCUT2D eigenvalue weighted by Crippen LogP contribution is -1.99. The van der Waals surface area contributed by atoms with Crippen molar-refractivity contribution in [1.29, 1.82) is 0 Å². The third kappa shape index (κ3) is 3.24. The summed E-state index contributed by atoms with van der Waals surface area (Å²) in [7, 11) is 0. The predicted molar refractivity (Wildman–Crippen MR) is 66.2 cm³/mol. The van der Waals surface area contributed by atoms with E-state index < -0.39 is 0 Å². The standard InChI is InChI=1S/C13H16N2O2/c1-3-16-13-7-5-11(8-15-13)14-9-12-6-4-10(2)17-12/h4-8,14H,3,9H2,1-2H3. The first-order valence-electron chi connectivity index (χ1n) is 5.66. The van der Waals surface area contributed by atoms with Crippen LogP contribution in [0.15, 0.2) is 34.9 Å². The van der Waals surface area contributed by atoms with Crippen LogP contribution >= 0.6 is 0 Å². The van der Waals surface area contributed by atoms with Gasteiger partial charge in [-0.25, -0.2) is 4.98 Å². The Labute approximate surface area is 101 Å². The van der Waals surface area contributed by atoms with E-state index in [9.17, 15) is 0 Å². The Kier molecular flexibility index (Phi) is 3.65. The van der Waals surface area contributed by atoms with Crippen molar-refractivity contribution in [3.63, 3.8) is 0 Å². The summed E-state index contributed by atoms with van der Waals surface area (Å²) < 4.78 is 10.7. The Bertz CT molecular complexity index is 463. The zero-order valence-corrected chi connectivity index (χ0v) is 10.1. The molecule has 4 nitrogen and oxygen atoms in total. The Morgan fingerprint density at radius 1 is 1.29 bits per heavy atom. The lowest BCUT2D eigenvalue weighted by atomic mass is 10.4. The molecule has 0 aliphatic rings. The van der Waals surface area contributed by atoms with E-state index in [2.05, 4.69) is 10.3 Å². The minimum Gasteiger partial charge on any atom is -0.478 e. The van der Waals surface area contributed by atoms with Crippen molar-refractivity contribution in [2.45, 2.75) is 20.4 Å². The molecule has 0 aliphatic heterocycles. The van der Waals surface area contributed by atoms with Gasteiger partial charge in [-0.2, -0.15) is 0 Å². The number of aryl methyl sites for hydroxylation is 1. The average Bonchev–Trinajstić information content (AvgIpc) is 2.75. The van der Waals surface area contributed by atoms with E-state index in [0.29, 0.717) is 19.0 Å². The summed E-state index contributed by atoms with van der Waals surface area (Å²) in [5.41, 5.74) is 0.947. The first-order valence-corrected chi connectivity index (χ1v) is 5.66. The van der Waals surface area contributed by atoms with E-state index in [-0.39, 0.29) is 0 Å². The van der Waals surface area contributed by atoms with Gasteiger partial charge < -0.3 is 14.5 Å². The molecular weight excluding hydrogens is 216 g/mol. The summed E-state index contributed by atoms with van der Waals surface area (Å²) in [5.74, 6) is 2.48. The quantitative estimate of drug-likeness (QED) is 0.860. The molecule has 0 bridgehead atoms. The largest absolute Gasteiger partial charge is 0.478 e. The third-order valence-corrected chi connectivity index (χ3v) is 2.29. The molecule has 0 amide bonds. The molecule has 0 fully saturated rings. The van der Waals surface area contributed by atoms with Crippen molar-refractivity contribution in [1.82, 2.24) is 4.98 Å². The number of pyridine rings is 1. The number of nitrogens with one attached hydrogen (secondary N) is 1. The molecule has 0 unspecified atom stereocenters. The van der Waals surface area contributed by atoms with Crippen molar-refractivity contribution >= 4 is 5.69 Å². The highest BCUT2D eigenvalue weighted by Crippen LogP contribution is 2.13. The number of hydrogen-bond donors (Lipinski definition) is 1. The maximum Gasteiger partial charge on any atom is 0.213 e. The highest BCUT2D eigenvalue weighted by atomic mass is 16.5. The SMILES string of the molecule is CCOc1ccc(NCc2ccc(C)o2)cn1. The van der Waals surface area contributed by atoms with Crippen LogP contribution in [0, 0.1) is 6.92 Å². The van der Waals surface area contributed by atoms with Gasteiger partial charge in [0.25, 0.3) is 0 Å². The summed E-state index contributed by atoms with van der Waals surface area (Å²) in [6, 6.07) is 7.70. The number of nitrogens with zero attached hydrogens (tertiary/aromatic N) is 1. The molecule has 0 atom stereocenters. The molecule has 17 heavy (non-hydrogen) atoms. The molecular formula is C13H16N2O2. The van der Waals surface area contributed by atoms with Crippen molar-refractivity contribution in [3.8, 4) is 5.88 Å². The van der Waals surface area contributed by atoms with Crippen LogP contribution in [0.4, 0.5) is 5.69 Å². The number of ether oxygens (including phenoxy) is 1. The molecule has 0 saturated carbocycles. The molecule has 0 aromatic carbocycles. The van der Waals surface area contributed by atoms with Crippen molar-refractivity contribution in [3.05, 3.63) is 42.0 Å². The Hall–Kier alpha value is -1.97. The number of hydrogen-bond acceptors (Lipinski definition) is 4. The second-order valence-electron chi connectivity index (χ2n) is 3.68. The fraction of sp³-hybridized carbons (Fsp3) is 0.308. The number of aromatic nitrogens is 1. The number of rotatable bonds is 5. The fourth-order valence-electron chi connectivity index (χ4n) is 1.49. The van der Waals surface area contributed by atoms with Crippen LogP contribution in [-0.2, 0) is 6.54 Å². The topological polar surface area (TPSA) is 47.3 Å². The fourth-order valence-corrected chi connectivity index (χ4v) is 1.49. The van der Waals surface area contributed by atoms with E-state index in [1.165, 1.54) is 0 Å². The van der Waals surface area contributed by atoms with Crippen LogP contribution in [0.3, 0.4) is 0 Å². The summed E-state index contributed by atoms with van der Waals surface area (Å²) in [4.78, 5) is 4.17. The van der Waals surface area contributed by atoms with Gasteiger partial charge in [0.15, 0.2) is 0 Å². The minimum absolute atomic E-state index is 0.630. The summed E-state index contributed by atoms with van der Waals surface area (Å²) in [6.45, 7) is 5.16. The van der Waals surface area contributed by atoms with Gasteiger partial charge in [0, 0.05) is 6.07 Å². The van der Waals surface area contributed by atoms with Gasteiger partial charge in [-0.3, -0.25) is 0 Å². The van der Waals surface area contributed by atoms with Crippen LogP contribution in [0.5, 0.6) is 5.88 Å². The number of anilines is 1. The molecule has 0 spiro atoms. The van der Waals surface area contributed by atoms with E-state index in [0.717, 1.165) is 17.2 Å². The third-order valence-electron chi connectivity index (χ3n) is 2.29. The zero-order chi connectivity index (χ0) is 12.1. The molecule has 90 valence electrons. The van der Waals surface area contributed by atoms with Gasteiger partial charge in [-0.1, -0.05) is 0 Å².